The topological polar surface area (TPSA) is 116 Å². The molecular formula is C12H17N3O5S. The normalized spacial score (nSPS) is 19.6. The van der Waals surface area contributed by atoms with Crippen molar-refractivity contribution in [1.82, 2.24) is 4.31 Å². The average molecular weight is 315 g/mol. The number of sulfonamides is 1. The van der Waals surface area contributed by atoms with Gasteiger partial charge in [0, 0.05) is 25.2 Å². The fourth-order valence-electron chi connectivity index (χ4n) is 2.47. The van der Waals surface area contributed by atoms with Crippen LogP contribution in [0, 0.1) is 10.1 Å². The van der Waals surface area contributed by atoms with E-state index in [2.05, 4.69) is 0 Å². The van der Waals surface area contributed by atoms with Crippen molar-refractivity contribution in [1.29, 1.82) is 0 Å². The third-order valence-corrected chi connectivity index (χ3v) is 5.53. The van der Waals surface area contributed by atoms with Crippen LogP contribution in [0.25, 0.3) is 0 Å². The lowest BCUT2D eigenvalue weighted by molar-refractivity contribution is -0.385. The van der Waals surface area contributed by atoms with Gasteiger partial charge < -0.3 is 10.5 Å². The molecule has 0 spiro atoms. The highest BCUT2D eigenvalue weighted by Gasteiger charge is 2.36. The second kappa shape index (κ2) is 5.96. The van der Waals surface area contributed by atoms with E-state index in [1.54, 1.807) is 0 Å². The molecule has 9 heteroatoms. The standard InChI is InChI=1S/C12H17N3O5S/c1-20-11-7-9(15(16)17)4-5-12(11)21(18,19)14-6-2-3-10(14)8-13/h4-5,7,10H,2-3,6,8,13H2,1H3. The van der Waals surface area contributed by atoms with Crippen LogP contribution in [-0.4, -0.2) is 43.9 Å². The Morgan fingerprint density at radius 1 is 1.52 bits per heavy atom. The van der Waals surface area contributed by atoms with E-state index in [-0.39, 0.29) is 28.9 Å². The van der Waals surface area contributed by atoms with Crippen molar-refractivity contribution in [3.63, 3.8) is 0 Å². The number of hydrogen-bond donors (Lipinski definition) is 1. The smallest absolute Gasteiger partial charge is 0.273 e. The van der Waals surface area contributed by atoms with Crippen LogP contribution in [0.15, 0.2) is 23.1 Å². The molecular weight excluding hydrogens is 298 g/mol. The van der Waals surface area contributed by atoms with Gasteiger partial charge in [-0.15, -0.1) is 0 Å². The molecule has 1 saturated heterocycles. The van der Waals surface area contributed by atoms with Crippen LogP contribution in [0.3, 0.4) is 0 Å². The molecule has 1 aliphatic rings. The SMILES string of the molecule is COc1cc([N+](=O)[O-])ccc1S(=O)(=O)N1CCCC1CN. The lowest BCUT2D eigenvalue weighted by atomic mass is 10.2. The van der Waals surface area contributed by atoms with Gasteiger partial charge in [0.25, 0.3) is 5.69 Å². The van der Waals surface area contributed by atoms with Gasteiger partial charge in [-0.1, -0.05) is 0 Å². The van der Waals surface area contributed by atoms with E-state index in [1.807, 2.05) is 0 Å². The van der Waals surface area contributed by atoms with E-state index >= 15 is 0 Å². The molecule has 1 fully saturated rings. The van der Waals surface area contributed by atoms with Crippen LogP contribution < -0.4 is 10.5 Å². The van der Waals surface area contributed by atoms with Crippen molar-refractivity contribution in [3.05, 3.63) is 28.3 Å². The molecule has 1 atom stereocenters. The number of benzene rings is 1. The first-order valence-corrected chi connectivity index (χ1v) is 7.90. The minimum Gasteiger partial charge on any atom is -0.495 e. The summed E-state index contributed by atoms with van der Waals surface area (Å²) < 4.78 is 31.7. The zero-order chi connectivity index (χ0) is 15.6. The Kier molecular flexibility index (Phi) is 4.45. The molecule has 2 rings (SSSR count). The Balaban J connectivity index is 2.47. The molecule has 116 valence electrons. The van der Waals surface area contributed by atoms with Gasteiger partial charge in [-0.2, -0.15) is 4.31 Å². The van der Waals surface area contributed by atoms with Crippen molar-refractivity contribution in [3.8, 4) is 5.75 Å². The summed E-state index contributed by atoms with van der Waals surface area (Å²) in [6.45, 7) is 0.638. The number of nitrogens with two attached hydrogens (primary N) is 1. The minimum absolute atomic E-state index is 0.0353. The van der Waals surface area contributed by atoms with Gasteiger partial charge in [0.05, 0.1) is 18.1 Å². The van der Waals surface area contributed by atoms with Crippen LogP contribution in [0.1, 0.15) is 12.8 Å². The molecule has 1 unspecified atom stereocenters. The quantitative estimate of drug-likeness (QED) is 0.632. The first-order chi connectivity index (χ1) is 9.91. The van der Waals surface area contributed by atoms with E-state index < -0.39 is 14.9 Å². The summed E-state index contributed by atoms with van der Waals surface area (Å²) in [5.74, 6) is -0.0353. The van der Waals surface area contributed by atoms with E-state index in [4.69, 9.17) is 10.5 Å². The Morgan fingerprint density at radius 3 is 2.81 bits per heavy atom. The monoisotopic (exact) mass is 315 g/mol. The Bertz CT molecular complexity index is 646. The maximum Gasteiger partial charge on any atom is 0.273 e. The maximum atomic E-state index is 12.7. The second-order valence-corrected chi connectivity index (χ2v) is 6.60. The van der Waals surface area contributed by atoms with Crippen molar-refractivity contribution in [2.45, 2.75) is 23.8 Å². The van der Waals surface area contributed by atoms with Gasteiger partial charge >= 0.3 is 0 Å². The van der Waals surface area contributed by atoms with Gasteiger partial charge in [0.1, 0.15) is 10.6 Å². The molecule has 0 bridgehead atoms. The van der Waals surface area contributed by atoms with Crippen molar-refractivity contribution in [2.24, 2.45) is 5.73 Å². The van der Waals surface area contributed by atoms with Gasteiger partial charge in [-0.05, 0) is 18.9 Å². The molecule has 0 saturated carbocycles. The number of rotatable bonds is 5. The number of ether oxygens (including phenoxy) is 1. The van der Waals surface area contributed by atoms with Crippen molar-refractivity contribution in [2.75, 3.05) is 20.2 Å². The molecule has 0 aliphatic carbocycles. The summed E-state index contributed by atoms with van der Waals surface area (Å²) >= 11 is 0. The Hall–Kier alpha value is -1.71. The minimum atomic E-state index is -3.78. The van der Waals surface area contributed by atoms with Crippen LogP contribution in [-0.2, 0) is 10.0 Å². The number of methoxy groups -OCH3 is 1. The Morgan fingerprint density at radius 2 is 2.24 bits per heavy atom. The largest absolute Gasteiger partial charge is 0.495 e. The molecule has 1 aliphatic heterocycles. The molecule has 0 aromatic heterocycles. The molecule has 8 nitrogen and oxygen atoms in total. The number of non-ortho nitro benzene ring substituents is 1. The van der Waals surface area contributed by atoms with E-state index in [0.29, 0.717) is 13.0 Å². The highest BCUT2D eigenvalue weighted by molar-refractivity contribution is 7.89. The van der Waals surface area contributed by atoms with Crippen LogP contribution in [0.2, 0.25) is 0 Å². The third-order valence-electron chi connectivity index (χ3n) is 3.54. The van der Waals surface area contributed by atoms with Crippen molar-refractivity contribution < 1.29 is 18.1 Å². The summed E-state index contributed by atoms with van der Waals surface area (Å²) in [4.78, 5) is 10.1. The van der Waals surface area contributed by atoms with Crippen LogP contribution >= 0.6 is 0 Å². The first kappa shape index (κ1) is 15.7. The number of nitro groups is 1. The zero-order valence-electron chi connectivity index (χ0n) is 11.6. The van der Waals surface area contributed by atoms with Gasteiger partial charge in [0.2, 0.25) is 10.0 Å². The number of nitro benzene ring substituents is 1. The second-order valence-electron chi connectivity index (χ2n) is 4.74. The predicted molar refractivity (Wildman–Crippen MR) is 75.6 cm³/mol. The van der Waals surface area contributed by atoms with Gasteiger partial charge in [-0.3, -0.25) is 10.1 Å². The van der Waals surface area contributed by atoms with Crippen molar-refractivity contribution >= 4 is 15.7 Å². The van der Waals surface area contributed by atoms with Crippen LogP contribution in [0.4, 0.5) is 5.69 Å². The summed E-state index contributed by atoms with van der Waals surface area (Å²) in [7, 11) is -2.50. The molecule has 1 aromatic carbocycles. The average Bonchev–Trinajstić information content (AvgIpc) is 2.95. The summed E-state index contributed by atoms with van der Waals surface area (Å²) in [6, 6.07) is 3.23. The highest BCUT2D eigenvalue weighted by Crippen LogP contribution is 2.33. The van der Waals surface area contributed by atoms with Gasteiger partial charge in [-0.25, -0.2) is 8.42 Å². The lowest BCUT2D eigenvalue weighted by Crippen LogP contribution is -2.39. The molecule has 0 radical (unpaired) electrons. The number of hydrogen-bond acceptors (Lipinski definition) is 6. The molecule has 1 heterocycles. The molecule has 2 N–H and O–H groups in total. The summed E-state index contributed by atoms with van der Waals surface area (Å²) in [6.07, 6.45) is 1.46. The molecule has 1 aromatic rings. The van der Waals surface area contributed by atoms with E-state index in [0.717, 1.165) is 18.6 Å². The third kappa shape index (κ3) is 2.85. The van der Waals surface area contributed by atoms with Crippen LogP contribution in [0.5, 0.6) is 5.75 Å². The Labute approximate surface area is 122 Å². The zero-order valence-corrected chi connectivity index (χ0v) is 12.4. The first-order valence-electron chi connectivity index (χ1n) is 6.46. The van der Waals surface area contributed by atoms with E-state index in [9.17, 15) is 18.5 Å². The number of nitrogens with zero attached hydrogens (tertiary/aromatic N) is 2. The summed E-state index contributed by atoms with van der Waals surface area (Å²) in [5.41, 5.74) is 5.39. The highest BCUT2D eigenvalue weighted by atomic mass is 32.2. The fourth-order valence-corrected chi connectivity index (χ4v) is 4.31. The summed E-state index contributed by atoms with van der Waals surface area (Å²) in [5, 5.41) is 10.8. The molecule has 0 amide bonds. The van der Waals surface area contributed by atoms with E-state index in [1.165, 1.54) is 17.5 Å². The molecule has 21 heavy (non-hydrogen) atoms. The lowest BCUT2D eigenvalue weighted by Gasteiger charge is -2.23. The fraction of sp³-hybridized carbons (Fsp3) is 0.500. The van der Waals surface area contributed by atoms with Gasteiger partial charge in [0.15, 0.2) is 0 Å². The maximum absolute atomic E-state index is 12.7. The predicted octanol–water partition coefficient (Wildman–Crippen LogP) is 0.715.